The fourth-order valence-electron chi connectivity index (χ4n) is 2.95. The Morgan fingerprint density at radius 3 is 2.95 bits per heavy atom. The molecule has 0 amide bonds. The summed E-state index contributed by atoms with van der Waals surface area (Å²) in [5, 5.41) is 3.59. The lowest BCUT2D eigenvalue weighted by molar-refractivity contribution is 0.685. The zero-order valence-corrected chi connectivity index (χ0v) is 11.5. The fraction of sp³-hybridized carbons (Fsp3) is 0.353. The lowest BCUT2D eigenvalue weighted by Crippen LogP contribution is -2.20. The number of hydrogen-bond donors (Lipinski definition) is 1. The van der Waals surface area contributed by atoms with Gasteiger partial charge in [-0.25, -0.2) is 0 Å². The average molecular weight is 265 g/mol. The Bertz CT molecular complexity index is 619. The van der Waals surface area contributed by atoms with Gasteiger partial charge in [-0.1, -0.05) is 18.2 Å². The minimum Gasteiger partial charge on any atom is -0.341 e. The number of nitrogens with one attached hydrogen (secondary N) is 1. The van der Waals surface area contributed by atoms with E-state index >= 15 is 0 Å². The van der Waals surface area contributed by atoms with E-state index in [-0.39, 0.29) is 0 Å². The van der Waals surface area contributed by atoms with E-state index in [1.165, 1.54) is 35.3 Å². The number of anilines is 2. The average Bonchev–Trinajstić information content (AvgIpc) is 3.23. The standard InChI is InChI=1S/C17H19N3/c1-2-4-16-13(3-1)8-10-20(16)17-7-9-18-11-14(17)12-19-15-5-6-15/h1-4,7,9,11,15,19H,5-6,8,10,12H2. The van der Waals surface area contributed by atoms with Crippen molar-refractivity contribution in [2.75, 3.05) is 11.4 Å². The van der Waals surface area contributed by atoms with Crippen LogP contribution < -0.4 is 10.2 Å². The van der Waals surface area contributed by atoms with Gasteiger partial charge in [-0.05, 0) is 37.0 Å². The third-order valence-corrected chi connectivity index (χ3v) is 4.21. The second kappa shape index (κ2) is 4.91. The van der Waals surface area contributed by atoms with Gasteiger partial charge in [-0.3, -0.25) is 4.98 Å². The van der Waals surface area contributed by atoms with E-state index in [0.717, 1.165) is 25.6 Å². The number of benzene rings is 1. The molecule has 2 heterocycles. The molecule has 4 rings (SSSR count). The maximum Gasteiger partial charge on any atom is 0.0487 e. The van der Waals surface area contributed by atoms with Crippen LogP contribution in [-0.2, 0) is 13.0 Å². The first kappa shape index (κ1) is 11.9. The van der Waals surface area contributed by atoms with E-state index in [0.29, 0.717) is 0 Å². The summed E-state index contributed by atoms with van der Waals surface area (Å²) >= 11 is 0. The maximum atomic E-state index is 4.30. The van der Waals surface area contributed by atoms with Gasteiger partial charge in [0.1, 0.15) is 0 Å². The second-order valence-electron chi connectivity index (χ2n) is 5.69. The van der Waals surface area contributed by atoms with Crippen molar-refractivity contribution in [3.63, 3.8) is 0 Å². The molecule has 3 heteroatoms. The Hall–Kier alpha value is -1.87. The normalized spacial score (nSPS) is 17.3. The Balaban J connectivity index is 1.65. The highest BCUT2D eigenvalue weighted by Crippen LogP contribution is 2.35. The molecule has 3 nitrogen and oxygen atoms in total. The summed E-state index contributed by atoms with van der Waals surface area (Å²) < 4.78 is 0. The summed E-state index contributed by atoms with van der Waals surface area (Å²) in [5.41, 5.74) is 5.41. The summed E-state index contributed by atoms with van der Waals surface area (Å²) in [7, 11) is 0. The fourth-order valence-corrected chi connectivity index (χ4v) is 2.95. The van der Waals surface area contributed by atoms with Crippen LogP contribution in [0.2, 0.25) is 0 Å². The van der Waals surface area contributed by atoms with Gasteiger partial charge < -0.3 is 10.2 Å². The molecule has 1 N–H and O–H groups in total. The largest absolute Gasteiger partial charge is 0.341 e. The molecule has 1 saturated carbocycles. The molecular weight excluding hydrogens is 246 g/mol. The molecule has 1 aliphatic carbocycles. The predicted octanol–water partition coefficient (Wildman–Crippen LogP) is 3.03. The van der Waals surface area contributed by atoms with Gasteiger partial charge in [-0.2, -0.15) is 0 Å². The molecule has 1 fully saturated rings. The Morgan fingerprint density at radius 2 is 2.05 bits per heavy atom. The van der Waals surface area contributed by atoms with Crippen molar-refractivity contribution in [1.29, 1.82) is 0 Å². The molecular formula is C17H19N3. The number of rotatable bonds is 4. The molecule has 0 unspecified atom stereocenters. The van der Waals surface area contributed by atoms with Crippen LogP contribution in [0.1, 0.15) is 24.0 Å². The quantitative estimate of drug-likeness (QED) is 0.921. The van der Waals surface area contributed by atoms with Crippen molar-refractivity contribution in [1.82, 2.24) is 10.3 Å². The van der Waals surface area contributed by atoms with Gasteiger partial charge in [0.05, 0.1) is 0 Å². The molecule has 0 atom stereocenters. The third kappa shape index (κ3) is 2.18. The van der Waals surface area contributed by atoms with Crippen molar-refractivity contribution in [3.8, 4) is 0 Å². The van der Waals surface area contributed by atoms with Gasteiger partial charge in [0.25, 0.3) is 0 Å². The van der Waals surface area contributed by atoms with Gasteiger partial charge in [0, 0.05) is 48.5 Å². The minimum atomic E-state index is 0.730. The van der Waals surface area contributed by atoms with E-state index in [9.17, 15) is 0 Å². The Morgan fingerprint density at radius 1 is 1.15 bits per heavy atom. The minimum absolute atomic E-state index is 0.730. The highest BCUT2D eigenvalue weighted by Gasteiger charge is 2.24. The van der Waals surface area contributed by atoms with Crippen LogP contribution in [0, 0.1) is 0 Å². The van der Waals surface area contributed by atoms with Crippen molar-refractivity contribution in [3.05, 3.63) is 53.9 Å². The van der Waals surface area contributed by atoms with Crippen molar-refractivity contribution in [2.45, 2.75) is 31.8 Å². The smallest absolute Gasteiger partial charge is 0.0487 e. The first-order valence-electron chi connectivity index (χ1n) is 7.43. The van der Waals surface area contributed by atoms with Crippen molar-refractivity contribution >= 4 is 11.4 Å². The molecule has 2 aromatic rings. The molecule has 20 heavy (non-hydrogen) atoms. The molecule has 1 aliphatic heterocycles. The molecule has 0 radical (unpaired) electrons. The zero-order chi connectivity index (χ0) is 13.4. The van der Waals surface area contributed by atoms with Gasteiger partial charge in [-0.15, -0.1) is 0 Å². The molecule has 0 bridgehead atoms. The zero-order valence-electron chi connectivity index (χ0n) is 11.5. The number of aromatic nitrogens is 1. The lowest BCUT2D eigenvalue weighted by Gasteiger charge is -2.22. The highest BCUT2D eigenvalue weighted by molar-refractivity contribution is 5.71. The number of fused-ring (bicyclic) bond motifs is 1. The summed E-state index contributed by atoms with van der Waals surface area (Å²) in [6, 6.07) is 11.6. The van der Waals surface area contributed by atoms with Gasteiger partial charge in [0.15, 0.2) is 0 Å². The molecule has 2 aliphatic rings. The summed E-state index contributed by atoms with van der Waals surface area (Å²) in [6.45, 7) is 1.99. The first-order valence-corrected chi connectivity index (χ1v) is 7.43. The van der Waals surface area contributed by atoms with Crippen LogP contribution in [0.4, 0.5) is 11.4 Å². The van der Waals surface area contributed by atoms with Gasteiger partial charge >= 0.3 is 0 Å². The summed E-state index contributed by atoms with van der Waals surface area (Å²) in [4.78, 5) is 6.74. The molecule has 0 spiro atoms. The Kier molecular flexibility index (Phi) is 2.92. The van der Waals surface area contributed by atoms with Crippen LogP contribution in [0.25, 0.3) is 0 Å². The molecule has 1 aromatic carbocycles. The van der Waals surface area contributed by atoms with Crippen LogP contribution in [-0.4, -0.2) is 17.6 Å². The van der Waals surface area contributed by atoms with Crippen LogP contribution in [0.3, 0.4) is 0 Å². The number of para-hydroxylation sites is 1. The SMILES string of the molecule is c1ccc2c(c1)CCN2c1ccncc1CNC1CC1. The van der Waals surface area contributed by atoms with Crippen LogP contribution >= 0.6 is 0 Å². The monoisotopic (exact) mass is 265 g/mol. The van der Waals surface area contributed by atoms with E-state index in [4.69, 9.17) is 0 Å². The Labute approximate surface area is 119 Å². The van der Waals surface area contributed by atoms with E-state index in [1.54, 1.807) is 0 Å². The topological polar surface area (TPSA) is 28.2 Å². The van der Waals surface area contributed by atoms with Crippen molar-refractivity contribution in [2.24, 2.45) is 0 Å². The molecule has 0 saturated heterocycles. The molecule has 1 aromatic heterocycles. The van der Waals surface area contributed by atoms with E-state index < -0.39 is 0 Å². The van der Waals surface area contributed by atoms with Crippen LogP contribution in [0.15, 0.2) is 42.7 Å². The lowest BCUT2D eigenvalue weighted by atomic mass is 10.1. The van der Waals surface area contributed by atoms with E-state index in [1.807, 2.05) is 12.4 Å². The number of hydrogen-bond acceptors (Lipinski definition) is 3. The van der Waals surface area contributed by atoms with E-state index in [2.05, 4.69) is 45.5 Å². The summed E-state index contributed by atoms with van der Waals surface area (Å²) in [5.74, 6) is 0. The third-order valence-electron chi connectivity index (χ3n) is 4.21. The highest BCUT2D eigenvalue weighted by atomic mass is 15.2. The predicted molar refractivity (Wildman–Crippen MR) is 81.3 cm³/mol. The maximum absolute atomic E-state index is 4.30. The van der Waals surface area contributed by atoms with Crippen molar-refractivity contribution < 1.29 is 0 Å². The first-order chi connectivity index (χ1) is 9.92. The number of nitrogens with zero attached hydrogens (tertiary/aromatic N) is 2. The second-order valence-corrected chi connectivity index (χ2v) is 5.69. The van der Waals surface area contributed by atoms with Gasteiger partial charge in [0.2, 0.25) is 0 Å². The number of pyridine rings is 1. The summed E-state index contributed by atoms with van der Waals surface area (Å²) in [6.07, 6.45) is 7.68. The van der Waals surface area contributed by atoms with Crippen LogP contribution in [0.5, 0.6) is 0 Å². The molecule has 102 valence electrons.